The van der Waals surface area contributed by atoms with Crippen molar-refractivity contribution in [3.8, 4) is 5.75 Å². The lowest BCUT2D eigenvalue weighted by Gasteiger charge is -2.25. The summed E-state index contributed by atoms with van der Waals surface area (Å²) in [6, 6.07) is 16.4. The summed E-state index contributed by atoms with van der Waals surface area (Å²) >= 11 is 0. The lowest BCUT2D eigenvalue weighted by molar-refractivity contribution is 0.298. The zero-order valence-electron chi connectivity index (χ0n) is 14.0. The third-order valence-corrected chi connectivity index (χ3v) is 5.31. The van der Waals surface area contributed by atoms with Gasteiger partial charge in [-0.1, -0.05) is 24.3 Å². The minimum absolute atomic E-state index is 0.376. The second-order valence-corrected chi connectivity index (χ2v) is 6.83. The minimum atomic E-state index is -0.877. The van der Waals surface area contributed by atoms with Gasteiger partial charge in [-0.15, -0.1) is 0 Å². The molecule has 3 heterocycles. The predicted octanol–water partition coefficient (Wildman–Crippen LogP) is 4.06. The van der Waals surface area contributed by atoms with Crippen molar-refractivity contribution in [3.05, 3.63) is 89.2 Å². The Morgan fingerprint density at radius 2 is 1.81 bits per heavy atom. The monoisotopic (exact) mass is 350 g/mol. The molecule has 0 amide bonds. The Kier molecular flexibility index (Phi) is 3.26. The second kappa shape index (κ2) is 5.53. The largest absolute Gasteiger partial charge is 0.492 e. The fourth-order valence-electron chi connectivity index (χ4n) is 4.13. The van der Waals surface area contributed by atoms with Crippen molar-refractivity contribution in [3.63, 3.8) is 0 Å². The van der Waals surface area contributed by atoms with Gasteiger partial charge in [-0.3, -0.25) is 4.98 Å². The van der Waals surface area contributed by atoms with Crippen LogP contribution >= 0.6 is 0 Å². The smallest absolute Gasteiger partial charge is 0.162 e. The van der Waals surface area contributed by atoms with Crippen LogP contribution in [0.2, 0.25) is 0 Å². The van der Waals surface area contributed by atoms with E-state index in [-0.39, 0.29) is 0 Å². The van der Waals surface area contributed by atoms with Crippen LogP contribution in [0.5, 0.6) is 5.75 Å². The van der Waals surface area contributed by atoms with Crippen molar-refractivity contribution in [1.82, 2.24) is 4.98 Å². The summed E-state index contributed by atoms with van der Waals surface area (Å²) in [4.78, 5) is 6.65. The standard InChI is InChI=1S/C21H16F2N2O/c22-17-9-16-20(10-18(17)23)26-13-21(16)12-25(11-14-5-3-4-8-24-14)19-7-2-1-6-15(19)21/h1-10H,11-13H2. The Labute approximate surface area is 149 Å². The number of fused-ring (bicyclic) bond motifs is 4. The van der Waals surface area contributed by atoms with E-state index in [1.165, 1.54) is 6.07 Å². The molecule has 0 saturated heterocycles. The number of aromatic nitrogens is 1. The van der Waals surface area contributed by atoms with Crippen molar-refractivity contribution < 1.29 is 13.5 Å². The zero-order chi connectivity index (χ0) is 17.7. The SMILES string of the molecule is Fc1cc2c(cc1F)C1(CO2)CN(Cc2ccccn2)c2ccccc21. The molecule has 130 valence electrons. The van der Waals surface area contributed by atoms with Gasteiger partial charge >= 0.3 is 0 Å². The first-order valence-electron chi connectivity index (χ1n) is 8.54. The number of ether oxygens (including phenoxy) is 1. The molecule has 3 nitrogen and oxygen atoms in total. The molecule has 0 radical (unpaired) electrons. The molecule has 1 unspecified atom stereocenters. The van der Waals surface area contributed by atoms with Gasteiger partial charge in [0, 0.05) is 30.1 Å². The summed E-state index contributed by atoms with van der Waals surface area (Å²) in [5, 5.41) is 0. The molecule has 5 rings (SSSR count). The van der Waals surface area contributed by atoms with E-state index >= 15 is 0 Å². The van der Waals surface area contributed by atoms with Crippen LogP contribution in [0.4, 0.5) is 14.5 Å². The van der Waals surface area contributed by atoms with E-state index in [0.717, 1.165) is 23.0 Å². The first kappa shape index (κ1) is 15.3. The first-order chi connectivity index (χ1) is 12.7. The normalized spacial score (nSPS) is 20.2. The number of benzene rings is 2. The van der Waals surface area contributed by atoms with E-state index in [1.807, 2.05) is 36.4 Å². The molecule has 0 aliphatic carbocycles. The van der Waals surface area contributed by atoms with Gasteiger partial charge in [-0.05, 0) is 29.8 Å². The minimum Gasteiger partial charge on any atom is -0.492 e. The Balaban J connectivity index is 1.62. The summed E-state index contributed by atoms with van der Waals surface area (Å²) in [5.74, 6) is -1.29. The summed E-state index contributed by atoms with van der Waals surface area (Å²) in [6.07, 6.45) is 1.78. The molecule has 0 saturated carbocycles. The molecule has 2 aromatic carbocycles. The quantitative estimate of drug-likeness (QED) is 0.697. The van der Waals surface area contributed by atoms with Gasteiger partial charge in [0.05, 0.1) is 17.7 Å². The van der Waals surface area contributed by atoms with E-state index in [2.05, 4.69) is 16.0 Å². The number of rotatable bonds is 2. The summed E-state index contributed by atoms with van der Waals surface area (Å²) in [7, 11) is 0. The highest BCUT2D eigenvalue weighted by Gasteiger charge is 2.50. The van der Waals surface area contributed by atoms with Crippen LogP contribution in [-0.4, -0.2) is 18.1 Å². The molecule has 26 heavy (non-hydrogen) atoms. The number of nitrogens with zero attached hydrogens (tertiary/aromatic N) is 2. The van der Waals surface area contributed by atoms with E-state index in [9.17, 15) is 8.78 Å². The highest BCUT2D eigenvalue weighted by molar-refractivity contribution is 5.69. The maximum atomic E-state index is 14.0. The third-order valence-electron chi connectivity index (χ3n) is 5.31. The van der Waals surface area contributed by atoms with Crippen molar-refractivity contribution in [2.24, 2.45) is 0 Å². The summed E-state index contributed by atoms with van der Waals surface area (Å²) in [5.41, 5.74) is 3.35. The number of halogens is 2. The highest BCUT2D eigenvalue weighted by atomic mass is 19.2. The van der Waals surface area contributed by atoms with Crippen LogP contribution < -0.4 is 9.64 Å². The highest BCUT2D eigenvalue weighted by Crippen LogP contribution is 2.51. The maximum Gasteiger partial charge on any atom is 0.162 e. The summed E-state index contributed by atoms with van der Waals surface area (Å²) in [6.45, 7) is 1.67. The number of anilines is 1. The number of para-hydroxylation sites is 1. The molecule has 0 bridgehead atoms. The molecule has 2 aliphatic heterocycles. The Morgan fingerprint density at radius 1 is 1.00 bits per heavy atom. The Bertz CT molecular complexity index is 993. The Hall–Kier alpha value is -2.95. The first-order valence-corrected chi connectivity index (χ1v) is 8.54. The molecule has 5 heteroatoms. The van der Waals surface area contributed by atoms with Crippen LogP contribution in [0.1, 0.15) is 16.8 Å². The van der Waals surface area contributed by atoms with Crippen LogP contribution in [0, 0.1) is 11.6 Å². The fourth-order valence-corrected chi connectivity index (χ4v) is 4.13. The van der Waals surface area contributed by atoms with Gasteiger partial charge in [0.2, 0.25) is 0 Å². The van der Waals surface area contributed by atoms with Crippen LogP contribution in [-0.2, 0) is 12.0 Å². The van der Waals surface area contributed by atoms with Gasteiger partial charge in [-0.2, -0.15) is 0 Å². The third kappa shape index (κ3) is 2.13. The van der Waals surface area contributed by atoms with E-state index in [1.54, 1.807) is 6.20 Å². The van der Waals surface area contributed by atoms with Gasteiger partial charge < -0.3 is 9.64 Å². The number of hydrogen-bond donors (Lipinski definition) is 0. The molecule has 3 aromatic rings. The van der Waals surface area contributed by atoms with Crippen LogP contribution in [0.3, 0.4) is 0 Å². The molecule has 1 aromatic heterocycles. The lowest BCUT2D eigenvalue weighted by Crippen LogP contribution is -2.36. The van der Waals surface area contributed by atoms with Crippen LogP contribution in [0.15, 0.2) is 60.8 Å². The topological polar surface area (TPSA) is 25.4 Å². The van der Waals surface area contributed by atoms with Crippen molar-refractivity contribution >= 4 is 5.69 Å². The molecule has 0 fully saturated rings. The molecule has 1 atom stereocenters. The van der Waals surface area contributed by atoms with E-state index < -0.39 is 17.0 Å². The maximum absolute atomic E-state index is 14.0. The average molecular weight is 350 g/mol. The fraction of sp³-hybridized carbons (Fsp3) is 0.190. The van der Waals surface area contributed by atoms with E-state index in [4.69, 9.17) is 4.74 Å². The van der Waals surface area contributed by atoms with Crippen molar-refractivity contribution in [2.75, 3.05) is 18.1 Å². The molecular formula is C21H16F2N2O. The van der Waals surface area contributed by atoms with Crippen molar-refractivity contribution in [2.45, 2.75) is 12.0 Å². The van der Waals surface area contributed by atoms with Gasteiger partial charge in [0.25, 0.3) is 0 Å². The second-order valence-electron chi connectivity index (χ2n) is 6.83. The van der Waals surface area contributed by atoms with Crippen molar-refractivity contribution in [1.29, 1.82) is 0 Å². The van der Waals surface area contributed by atoms with E-state index in [0.29, 0.717) is 31.0 Å². The molecular weight excluding hydrogens is 334 g/mol. The lowest BCUT2D eigenvalue weighted by atomic mass is 9.78. The van der Waals surface area contributed by atoms with Gasteiger partial charge in [-0.25, -0.2) is 8.78 Å². The molecule has 0 N–H and O–H groups in total. The Morgan fingerprint density at radius 3 is 2.65 bits per heavy atom. The number of hydrogen-bond acceptors (Lipinski definition) is 3. The molecule has 2 aliphatic rings. The average Bonchev–Trinajstić information content (AvgIpc) is 3.16. The van der Waals surface area contributed by atoms with Gasteiger partial charge in [0.15, 0.2) is 11.6 Å². The van der Waals surface area contributed by atoms with Gasteiger partial charge in [0.1, 0.15) is 12.4 Å². The predicted molar refractivity (Wildman–Crippen MR) is 94.4 cm³/mol. The summed E-state index contributed by atoms with van der Waals surface area (Å²) < 4.78 is 33.4. The number of pyridine rings is 1. The zero-order valence-corrected chi connectivity index (χ0v) is 14.0. The molecule has 1 spiro atoms. The van der Waals surface area contributed by atoms with Crippen LogP contribution in [0.25, 0.3) is 0 Å².